The highest BCUT2D eigenvalue weighted by Crippen LogP contribution is 2.42. The second-order valence-electron chi connectivity index (χ2n) is 23.9. The molecule has 13 aromatic carbocycles. The quantitative estimate of drug-likeness (QED) is 0.0849. The summed E-state index contributed by atoms with van der Waals surface area (Å²) in [7, 11) is 0. The standard InChI is InChI=1S/C90H70N4/c1-7-19-67(20-8-1)71-35-51-83(52-36-71)91(79-23-11-3-12-24-79)87-59-43-75(44-60-87)77-47-63-89(64-48-77)93(81-27-15-5-16-28-81)85-55-39-73(40-56-85)69-31-33-70(34-32-69)74-41-57-86(58-42-74)94(82-29-17-6-18-30-82)90-65-49-78(50-66-90)76-45-61-88(62-46-76)92(80-25-13-4-14-26-80)84-53-37-72(38-54-84)68-21-9-2-10-22-68/h1,3-9,11,13-23,25-66H,2,10,12,24H2. The molecule has 2 aliphatic carbocycles. The lowest BCUT2D eigenvalue weighted by molar-refractivity contribution is 0.918. The largest absolute Gasteiger partial charge is 0.314 e. The summed E-state index contributed by atoms with van der Waals surface area (Å²) >= 11 is 0. The van der Waals surface area contributed by atoms with Crippen LogP contribution in [0.15, 0.2) is 382 Å². The van der Waals surface area contributed by atoms with Crippen molar-refractivity contribution in [3.05, 3.63) is 387 Å². The van der Waals surface area contributed by atoms with Gasteiger partial charge in [0, 0.05) is 68.3 Å². The van der Waals surface area contributed by atoms with E-state index in [1.165, 1.54) is 50.2 Å². The Kier molecular flexibility index (Phi) is 16.9. The first-order valence-electron chi connectivity index (χ1n) is 32.7. The highest BCUT2D eigenvalue weighted by atomic mass is 15.2. The molecule has 0 unspecified atom stereocenters. The average molecular weight is 1210 g/mol. The fraction of sp³-hybridized carbons (Fsp3) is 0.0444. The molecule has 0 radical (unpaired) electrons. The Bertz CT molecular complexity index is 4770. The molecule has 0 N–H and O–H groups in total. The van der Waals surface area contributed by atoms with Crippen LogP contribution in [0.2, 0.25) is 0 Å². The van der Waals surface area contributed by atoms with Crippen LogP contribution in [0.5, 0.6) is 0 Å². The van der Waals surface area contributed by atoms with Gasteiger partial charge in [-0.3, -0.25) is 0 Å². The molecule has 0 saturated carbocycles. The maximum absolute atomic E-state index is 2.40. The van der Waals surface area contributed by atoms with Crippen molar-refractivity contribution in [3.63, 3.8) is 0 Å². The molecule has 0 atom stereocenters. The van der Waals surface area contributed by atoms with E-state index in [1.54, 1.807) is 0 Å². The summed E-state index contributed by atoms with van der Waals surface area (Å²) in [5, 5.41) is 0. The van der Waals surface area contributed by atoms with E-state index in [-0.39, 0.29) is 0 Å². The molecular formula is C90H70N4. The lowest BCUT2D eigenvalue weighted by Gasteiger charge is -2.29. The van der Waals surface area contributed by atoms with Gasteiger partial charge in [0.2, 0.25) is 0 Å². The summed E-state index contributed by atoms with van der Waals surface area (Å²) in [6.07, 6.45) is 17.7. The third kappa shape index (κ3) is 12.7. The minimum atomic E-state index is 0.988. The predicted molar refractivity (Wildman–Crippen MR) is 399 cm³/mol. The molecule has 0 fully saturated rings. The first-order valence-corrected chi connectivity index (χ1v) is 32.7. The molecule has 450 valence electrons. The third-order valence-corrected chi connectivity index (χ3v) is 18.0. The molecule has 0 heterocycles. The van der Waals surface area contributed by atoms with Crippen molar-refractivity contribution in [3.8, 4) is 55.6 Å². The van der Waals surface area contributed by atoms with E-state index in [2.05, 4.69) is 396 Å². The molecule has 0 saturated heterocycles. The Morgan fingerprint density at radius 1 is 0.191 bits per heavy atom. The van der Waals surface area contributed by atoms with E-state index < -0.39 is 0 Å². The Labute approximate surface area is 553 Å². The van der Waals surface area contributed by atoms with E-state index >= 15 is 0 Å². The maximum atomic E-state index is 2.40. The molecule has 4 nitrogen and oxygen atoms in total. The van der Waals surface area contributed by atoms with Crippen molar-refractivity contribution < 1.29 is 0 Å². The zero-order chi connectivity index (χ0) is 62.8. The number of benzene rings is 13. The fourth-order valence-electron chi connectivity index (χ4n) is 13.1. The van der Waals surface area contributed by atoms with Gasteiger partial charge in [0.05, 0.1) is 0 Å². The van der Waals surface area contributed by atoms with Gasteiger partial charge < -0.3 is 19.6 Å². The normalized spacial score (nSPS) is 12.6. The summed E-state index contributed by atoms with van der Waals surface area (Å²) in [4.78, 5) is 9.39. The number of hydrogen-bond donors (Lipinski definition) is 0. The fourth-order valence-corrected chi connectivity index (χ4v) is 13.1. The van der Waals surface area contributed by atoms with Gasteiger partial charge in [-0.1, -0.05) is 237 Å². The van der Waals surface area contributed by atoms with Gasteiger partial charge in [-0.05, 0) is 232 Å². The lowest BCUT2D eigenvalue weighted by Crippen LogP contribution is -2.17. The second-order valence-corrected chi connectivity index (χ2v) is 23.9. The summed E-state index contributed by atoms with van der Waals surface area (Å²) in [5.74, 6) is 0. The minimum Gasteiger partial charge on any atom is -0.314 e. The van der Waals surface area contributed by atoms with Gasteiger partial charge >= 0.3 is 0 Å². The van der Waals surface area contributed by atoms with Crippen molar-refractivity contribution in [2.45, 2.75) is 25.7 Å². The molecule has 0 aliphatic heterocycles. The number of rotatable bonds is 18. The highest BCUT2D eigenvalue weighted by Gasteiger charge is 2.20. The van der Waals surface area contributed by atoms with E-state index in [1.807, 2.05) is 0 Å². The van der Waals surface area contributed by atoms with Crippen molar-refractivity contribution in [2.75, 3.05) is 19.6 Å². The van der Waals surface area contributed by atoms with Crippen LogP contribution in [0.4, 0.5) is 62.6 Å². The third-order valence-electron chi connectivity index (χ3n) is 18.0. The van der Waals surface area contributed by atoms with Crippen LogP contribution >= 0.6 is 0 Å². The molecule has 0 spiro atoms. The van der Waals surface area contributed by atoms with E-state index in [9.17, 15) is 0 Å². The van der Waals surface area contributed by atoms with Crippen LogP contribution in [0.25, 0.3) is 61.2 Å². The van der Waals surface area contributed by atoms with Gasteiger partial charge in [0.25, 0.3) is 0 Å². The molecule has 15 rings (SSSR count). The Balaban J connectivity index is 0.626. The number of nitrogens with zero attached hydrogens (tertiary/aromatic N) is 4. The van der Waals surface area contributed by atoms with E-state index in [0.29, 0.717) is 0 Å². The monoisotopic (exact) mass is 1210 g/mol. The number of para-hydroxylation sites is 3. The lowest BCUT2D eigenvalue weighted by atomic mass is 9.99. The Morgan fingerprint density at radius 3 is 0.702 bits per heavy atom. The zero-order valence-corrected chi connectivity index (χ0v) is 52.4. The van der Waals surface area contributed by atoms with Crippen molar-refractivity contribution in [2.24, 2.45) is 0 Å². The molecule has 4 heteroatoms. The summed E-state index contributed by atoms with van der Waals surface area (Å²) in [5.41, 5.74) is 27.8. The number of hydrogen-bond acceptors (Lipinski definition) is 4. The van der Waals surface area contributed by atoms with Crippen molar-refractivity contribution in [1.82, 2.24) is 0 Å². The van der Waals surface area contributed by atoms with Gasteiger partial charge in [-0.2, -0.15) is 0 Å². The molecule has 0 bridgehead atoms. The number of allylic oxidation sites excluding steroid dienone is 8. The van der Waals surface area contributed by atoms with Crippen LogP contribution in [-0.4, -0.2) is 0 Å². The zero-order valence-electron chi connectivity index (χ0n) is 52.4. The Morgan fingerprint density at radius 2 is 0.436 bits per heavy atom. The molecule has 2 aliphatic rings. The average Bonchev–Trinajstić information content (AvgIpc) is 0.972. The highest BCUT2D eigenvalue weighted by molar-refractivity contribution is 5.85. The van der Waals surface area contributed by atoms with Crippen LogP contribution in [-0.2, 0) is 0 Å². The summed E-state index contributed by atoms with van der Waals surface area (Å²) in [6.45, 7) is 0. The predicted octanol–water partition coefficient (Wildman–Crippen LogP) is 25.5. The number of anilines is 11. The maximum Gasteiger partial charge on any atom is 0.0462 e. The molecule has 0 aromatic heterocycles. The smallest absolute Gasteiger partial charge is 0.0462 e. The molecule has 94 heavy (non-hydrogen) atoms. The van der Waals surface area contributed by atoms with Crippen LogP contribution in [0, 0.1) is 0 Å². The first kappa shape index (κ1) is 58.4. The van der Waals surface area contributed by atoms with Crippen LogP contribution in [0.3, 0.4) is 0 Å². The van der Waals surface area contributed by atoms with Crippen LogP contribution in [0.1, 0.15) is 31.2 Å². The molecule has 0 amide bonds. The first-order chi connectivity index (χ1) is 46.6. The Hall–Kier alpha value is -12.0. The van der Waals surface area contributed by atoms with Gasteiger partial charge in [-0.25, -0.2) is 0 Å². The van der Waals surface area contributed by atoms with Gasteiger partial charge in [0.15, 0.2) is 0 Å². The topological polar surface area (TPSA) is 13.0 Å². The van der Waals surface area contributed by atoms with Crippen molar-refractivity contribution in [1.29, 1.82) is 0 Å². The molecule has 13 aromatic rings. The summed E-state index contributed by atoms with van der Waals surface area (Å²) < 4.78 is 0. The summed E-state index contributed by atoms with van der Waals surface area (Å²) in [6, 6.07) is 123. The van der Waals surface area contributed by atoms with Gasteiger partial charge in [0.1, 0.15) is 0 Å². The molecular weight excluding hydrogens is 1140 g/mol. The van der Waals surface area contributed by atoms with E-state index in [4.69, 9.17) is 0 Å². The van der Waals surface area contributed by atoms with Crippen molar-refractivity contribution >= 4 is 68.1 Å². The van der Waals surface area contributed by atoms with Crippen LogP contribution < -0.4 is 19.6 Å². The minimum absolute atomic E-state index is 0.988. The van der Waals surface area contributed by atoms with Gasteiger partial charge in [-0.15, -0.1) is 0 Å². The SMILES string of the molecule is C1=CCCC(N(c2ccc(-c3ccccc3)cc2)c2ccc(-c3ccc(N(c4ccccc4)c4ccc(-c5ccc(-c6ccc(N(c7ccccc7)c7ccc(-c8ccc(N(c9ccccc9)c9ccc(C%10=CCCC=C%10)cc9)cc8)cc7)cc6)cc5)cc4)cc3)cc2)=C1. The van der Waals surface area contributed by atoms with E-state index in [0.717, 1.165) is 110 Å². The second kappa shape index (κ2) is 27.2.